The van der Waals surface area contributed by atoms with Gasteiger partial charge >= 0.3 is 0 Å². The van der Waals surface area contributed by atoms with E-state index in [1.54, 1.807) is 19.2 Å². The highest BCUT2D eigenvalue weighted by atomic mass is 16.5. The van der Waals surface area contributed by atoms with Crippen molar-refractivity contribution in [3.8, 4) is 23.0 Å². The SMILES string of the molecule is COc1cc(C(=O)N2CCN(C[C@@H]3CN(C[C@H](O)COc4ccccc4)CCO3)CC2)cc(OC)c1OC. The van der Waals surface area contributed by atoms with E-state index in [2.05, 4.69) is 9.80 Å². The number of carbonyl (C=O) groups is 1. The maximum absolute atomic E-state index is 13.2. The van der Waals surface area contributed by atoms with E-state index >= 15 is 0 Å². The van der Waals surface area contributed by atoms with Crippen molar-refractivity contribution >= 4 is 5.91 Å². The Balaban J connectivity index is 1.23. The van der Waals surface area contributed by atoms with E-state index < -0.39 is 6.10 Å². The van der Waals surface area contributed by atoms with Crippen molar-refractivity contribution in [2.45, 2.75) is 12.2 Å². The first-order chi connectivity index (χ1) is 18.5. The van der Waals surface area contributed by atoms with Gasteiger partial charge in [-0.05, 0) is 24.3 Å². The molecule has 1 amide bonds. The van der Waals surface area contributed by atoms with Crippen molar-refractivity contribution in [1.82, 2.24) is 14.7 Å². The molecule has 2 aromatic carbocycles. The Morgan fingerprint density at radius 2 is 1.66 bits per heavy atom. The summed E-state index contributed by atoms with van der Waals surface area (Å²) in [6.07, 6.45) is -0.512. The summed E-state index contributed by atoms with van der Waals surface area (Å²) >= 11 is 0. The summed E-state index contributed by atoms with van der Waals surface area (Å²) in [5.41, 5.74) is 0.508. The summed E-state index contributed by atoms with van der Waals surface area (Å²) in [4.78, 5) is 19.6. The lowest BCUT2D eigenvalue weighted by Crippen LogP contribution is -2.54. The minimum Gasteiger partial charge on any atom is -0.493 e. The third kappa shape index (κ3) is 7.28. The van der Waals surface area contributed by atoms with Crippen LogP contribution < -0.4 is 18.9 Å². The Morgan fingerprint density at radius 3 is 2.29 bits per heavy atom. The molecule has 0 radical (unpaired) electrons. The highest BCUT2D eigenvalue weighted by Gasteiger charge is 2.28. The summed E-state index contributed by atoms with van der Waals surface area (Å²) in [6.45, 7) is 6.56. The first kappa shape index (κ1) is 28.0. The molecular weight excluding hydrogens is 490 g/mol. The highest BCUT2D eigenvalue weighted by molar-refractivity contribution is 5.95. The van der Waals surface area contributed by atoms with Crippen molar-refractivity contribution in [3.63, 3.8) is 0 Å². The number of amides is 1. The molecule has 0 saturated carbocycles. The number of methoxy groups -OCH3 is 3. The molecule has 2 aliphatic heterocycles. The second kappa shape index (κ2) is 13.7. The molecule has 10 heteroatoms. The van der Waals surface area contributed by atoms with Gasteiger partial charge in [0.05, 0.1) is 34.0 Å². The first-order valence-corrected chi connectivity index (χ1v) is 13.0. The Morgan fingerprint density at radius 1 is 0.974 bits per heavy atom. The fourth-order valence-electron chi connectivity index (χ4n) is 4.93. The molecule has 0 spiro atoms. The lowest BCUT2D eigenvalue weighted by Gasteiger charge is -2.39. The number of aliphatic hydroxyl groups is 1. The predicted molar refractivity (Wildman–Crippen MR) is 143 cm³/mol. The summed E-state index contributed by atoms with van der Waals surface area (Å²) in [5.74, 6) is 2.09. The molecule has 10 nitrogen and oxygen atoms in total. The molecule has 38 heavy (non-hydrogen) atoms. The number of hydrogen-bond donors (Lipinski definition) is 1. The predicted octanol–water partition coefficient (Wildman–Crippen LogP) is 1.61. The number of carbonyl (C=O) groups excluding carboxylic acids is 1. The maximum Gasteiger partial charge on any atom is 0.254 e. The number of benzene rings is 2. The zero-order valence-electron chi connectivity index (χ0n) is 22.5. The molecular formula is C28H39N3O7. The average molecular weight is 530 g/mol. The molecule has 2 aliphatic rings. The molecule has 0 aromatic heterocycles. The zero-order valence-corrected chi connectivity index (χ0v) is 22.5. The monoisotopic (exact) mass is 529 g/mol. The van der Waals surface area contributed by atoms with Gasteiger partial charge in [0.25, 0.3) is 5.91 Å². The van der Waals surface area contributed by atoms with Gasteiger partial charge in [-0.1, -0.05) is 18.2 Å². The van der Waals surface area contributed by atoms with Gasteiger partial charge in [0.2, 0.25) is 5.75 Å². The molecule has 2 atom stereocenters. The molecule has 2 aromatic rings. The van der Waals surface area contributed by atoms with Crippen LogP contribution >= 0.6 is 0 Å². The Bertz CT molecular complexity index is 1010. The van der Waals surface area contributed by atoms with Crippen LogP contribution in [-0.4, -0.2) is 125 Å². The van der Waals surface area contributed by atoms with E-state index in [-0.39, 0.29) is 18.6 Å². The third-order valence-electron chi connectivity index (χ3n) is 6.91. The molecule has 2 fully saturated rings. The maximum atomic E-state index is 13.2. The Labute approximate surface area is 224 Å². The third-order valence-corrected chi connectivity index (χ3v) is 6.91. The van der Waals surface area contributed by atoms with Crippen LogP contribution in [0.15, 0.2) is 42.5 Å². The van der Waals surface area contributed by atoms with Crippen LogP contribution in [0.1, 0.15) is 10.4 Å². The lowest BCUT2D eigenvalue weighted by molar-refractivity contribution is -0.0591. The van der Waals surface area contributed by atoms with Crippen LogP contribution in [0.25, 0.3) is 0 Å². The van der Waals surface area contributed by atoms with Crippen molar-refractivity contribution in [1.29, 1.82) is 0 Å². The number of hydrogen-bond acceptors (Lipinski definition) is 9. The first-order valence-electron chi connectivity index (χ1n) is 13.0. The van der Waals surface area contributed by atoms with Crippen molar-refractivity contribution in [2.75, 3.05) is 86.9 Å². The number of rotatable bonds is 11. The molecule has 0 aliphatic carbocycles. The number of β-amino-alcohol motifs (C(OH)–C–C–N with tert-alkyl or cyclic N) is 1. The van der Waals surface area contributed by atoms with E-state index in [0.717, 1.165) is 38.5 Å². The molecule has 2 heterocycles. The number of ether oxygens (including phenoxy) is 5. The summed E-state index contributed by atoms with van der Waals surface area (Å²) in [5, 5.41) is 10.5. The van der Waals surface area contributed by atoms with Gasteiger partial charge in [0, 0.05) is 57.9 Å². The summed E-state index contributed by atoms with van der Waals surface area (Å²) < 4.78 is 27.9. The van der Waals surface area contributed by atoms with Crippen LogP contribution in [0.3, 0.4) is 0 Å². The molecule has 0 bridgehead atoms. The average Bonchev–Trinajstić information content (AvgIpc) is 2.96. The van der Waals surface area contributed by atoms with E-state index in [1.165, 1.54) is 14.2 Å². The van der Waals surface area contributed by atoms with Crippen LogP contribution in [0.4, 0.5) is 0 Å². The Kier molecular flexibility index (Phi) is 10.1. The number of morpholine rings is 1. The largest absolute Gasteiger partial charge is 0.493 e. The van der Waals surface area contributed by atoms with Gasteiger partial charge in [-0.3, -0.25) is 14.6 Å². The number of piperazine rings is 1. The van der Waals surface area contributed by atoms with Crippen LogP contribution in [0.2, 0.25) is 0 Å². The van der Waals surface area contributed by atoms with Crippen LogP contribution in [-0.2, 0) is 4.74 Å². The van der Waals surface area contributed by atoms with Crippen LogP contribution in [0, 0.1) is 0 Å². The standard InChI is InChI=1S/C28H39N3O7/c1-34-25-15-21(16-26(35-2)27(25)36-3)28(33)31-11-9-29(10-12-31)18-24-19-30(13-14-37-24)17-22(32)20-38-23-7-5-4-6-8-23/h4-8,15-16,22,24,32H,9-14,17-20H2,1-3H3/t22-,24+/m0/s1. The molecule has 0 unspecified atom stereocenters. The summed E-state index contributed by atoms with van der Waals surface area (Å²) in [6, 6.07) is 12.9. The van der Waals surface area contributed by atoms with Gasteiger partial charge < -0.3 is 33.7 Å². The lowest BCUT2D eigenvalue weighted by atomic mass is 10.1. The van der Waals surface area contributed by atoms with E-state index in [0.29, 0.717) is 49.1 Å². The van der Waals surface area contributed by atoms with E-state index in [9.17, 15) is 9.90 Å². The van der Waals surface area contributed by atoms with Crippen molar-refractivity contribution in [3.05, 3.63) is 48.0 Å². The second-order valence-corrected chi connectivity index (χ2v) is 9.54. The molecule has 208 valence electrons. The normalized spacial score (nSPS) is 19.6. The van der Waals surface area contributed by atoms with Crippen molar-refractivity contribution < 1.29 is 33.6 Å². The van der Waals surface area contributed by atoms with E-state index in [1.807, 2.05) is 35.2 Å². The van der Waals surface area contributed by atoms with Gasteiger partial charge in [0.1, 0.15) is 18.5 Å². The van der Waals surface area contributed by atoms with Gasteiger partial charge in [0.15, 0.2) is 11.5 Å². The molecule has 4 rings (SSSR count). The molecule has 1 N–H and O–H groups in total. The zero-order chi connectivity index (χ0) is 26.9. The topological polar surface area (TPSA) is 93.2 Å². The molecule has 2 saturated heterocycles. The number of nitrogens with zero attached hydrogens (tertiary/aromatic N) is 3. The second-order valence-electron chi connectivity index (χ2n) is 9.54. The van der Waals surface area contributed by atoms with Gasteiger partial charge in [-0.25, -0.2) is 0 Å². The Hall–Kier alpha value is -3.05. The number of aliphatic hydroxyl groups excluding tert-OH is 1. The fourth-order valence-corrected chi connectivity index (χ4v) is 4.93. The fraction of sp³-hybridized carbons (Fsp3) is 0.536. The smallest absolute Gasteiger partial charge is 0.254 e. The highest BCUT2D eigenvalue weighted by Crippen LogP contribution is 2.38. The van der Waals surface area contributed by atoms with E-state index in [4.69, 9.17) is 23.7 Å². The number of para-hydroxylation sites is 1. The summed E-state index contributed by atoms with van der Waals surface area (Å²) in [7, 11) is 4.62. The quantitative estimate of drug-likeness (QED) is 0.466. The van der Waals surface area contributed by atoms with Gasteiger partial charge in [-0.15, -0.1) is 0 Å². The minimum absolute atomic E-state index is 0.0587. The van der Waals surface area contributed by atoms with Crippen LogP contribution in [0.5, 0.6) is 23.0 Å². The van der Waals surface area contributed by atoms with Crippen molar-refractivity contribution in [2.24, 2.45) is 0 Å². The minimum atomic E-state index is -0.571. The van der Waals surface area contributed by atoms with Gasteiger partial charge in [-0.2, -0.15) is 0 Å².